The molecule has 2 aromatic carbocycles. The molecule has 0 saturated heterocycles. The minimum atomic E-state index is -0.573. The van der Waals surface area contributed by atoms with Gasteiger partial charge in [0.1, 0.15) is 11.5 Å². The highest BCUT2D eigenvalue weighted by molar-refractivity contribution is 5.81. The van der Waals surface area contributed by atoms with Crippen molar-refractivity contribution in [3.05, 3.63) is 59.7 Å². The number of hydrogen-bond acceptors (Lipinski definition) is 3. The molecule has 0 heterocycles. The van der Waals surface area contributed by atoms with Gasteiger partial charge in [0.15, 0.2) is 6.10 Å². The van der Waals surface area contributed by atoms with Crippen LogP contribution in [0.4, 0.5) is 0 Å². The zero-order chi connectivity index (χ0) is 17.5. The average Bonchev–Trinajstić information content (AvgIpc) is 2.62. The maximum atomic E-state index is 12.3. The van der Waals surface area contributed by atoms with E-state index in [9.17, 15) is 4.79 Å². The van der Waals surface area contributed by atoms with Crippen LogP contribution in [0.2, 0.25) is 0 Å². The molecule has 2 aromatic rings. The van der Waals surface area contributed by atoms with Gasteiger partial charge in [-0.25, -0.2) is 0 Å². The molecule has 0 radical (unpaired) electrons. The topological polar surface area (TPSA) is 47.6 Å². The third-order valence-corrected chi connectivity index (χ3v) is 3.99. The second kappa shape index (κ2) is 8.39. The number of ether oxygens (including phenoxy) is 2. The maximum Gasteiger partial charge on any atom is 0.261 e. The van der Waals surface area contributed by atoms with Crippen LogP contribution in [0.3, 0.4) is 0 Å². The number of rotatable bonds is 7. The van der Waals surface area contributed by atoms with E-state index in [-0.39, 0.29) is 11.9 Å². The lowest BCUT2D eigenvalue weighted by atomic mass is 10.0. The molecule has 0 saturated carbocycles. The van der Waals surface area contributed by atoms with E-state index in [4.69, 9.17) is 9.47 Å². The third kappa shape index (κ3) is 4.75. The molecule has 0 aliphatic carbocycles. The summed E-state index contributed by atoms with van der Waals surface area (Å²) in [4.78, 5) is 12.3. The first-order chi connectivity index (χ1) is 11.5. The van der Waals surface area contributed by atoms with E-state index in [0.717, 1.165) is 17.7 Å². The molecule has 0 aromatic heterocycles. The summed E-state index contributed by atoms with van der Waals surface area (Å²) in [7, 11) is 1.61. The van der Waals surface area contributed by atoms with Gasteiger partial charge in [0.05, 0.1) is 13.2 Å². The molecular formula is C20H25NO3. The molecule has 1 N–H and O–H groups in total. The van der Waals surface area contributed by atoms with Gasteiger partial charge < -0.3 is 14.8 Å². The summed E-state index contributed by atoms with van der Waals surface area (Å²) in [5, 5.41) is 2.99. The van der Waals surface area contributed by atoms with Crippen LogP contribution in [0.25, 0.3) is 0 Å². The van der Waals surface area contributed by atoms with Crippen LogP contribution < -0.4 is 14.8 Å². The van der Waals surface area contributed by atoms with Gasteiger partial charge in [-0.15, -0.1) is 0 Å². The van der Waals surface area contributed by atoms with E-state index in [1.54, 1.807) is 38.3 Å². The molecule has 0 fully saturated rings. The summed E-state index contributed by atoms with van der Waals surface area (Å²) in [6.07, 6.45) is 0.434. The van der Waals surface area contributed by atoms with Gasteiger partial charge in [0, 0.05) is 0 Å². The molecule has 0 aliphatic heterocycles. The highest BCUT2D eigenvalue weighted by atomic mass is 16.5. The molecule has 128 valence electrons. The van der Waals surface area contributed by atoms with Crippen molar-refractivity contribution < 1.29 is 14.3 Å². The fourth-order valence-electron chi connectivity index (χ4n) is 2.37. The Kier molecular flexibility index (Phi) is 6.24. The summed E-state index contributed by atoms with van der Waals surface area (Å²) in [6.45, 7) is 5.84. The predicted octanol–water partition coefficient (Wildman–Crippen LogP) is 3.90. The number of hydrogen-bond donors (Lipinski definition) is 1. The Morgan fingerprint density at radius 1 is 1.00 bits per heavy atom. The minimum absolute atomic E-state index is 0.0645. The molecule has 4 nitrogen and oxygen atoms in total. The number of carbonyl (C=O) groups is 1. The summed E-state index contributed by atoms with van der Waals surface area (Å²) in [5.74, 6) is 1.25. The van der Waals surface area contributed by atoms with Gasteiger partial charge in [0.25, 0.3) is 5.91 Å². The Morgan fingerprint density at radius 3 is 2.12 bits per heavy atom. The van der Waals surface area contributed by atoms with E-state index in [2.05, 4.69) is 36.5 Å². The number of amides is 1. The number of carbonyl (C=O) groups excluding carboxylic acids is 1. The van der Waals surface area contributed by atoms with E-state index < -0.39 is 6.10 Å². The number of aryl methyl sites for hydroxylation is 1. The van der Waals surface area contributed by atoms with Crippen molar-refractivity contribution in [3.63, 3.8) is 0 Å². The number of nitrogens with one attached hydrogen (secondary N) is 1. The van der Waals surface area contributed by atoms with Crippen LogP contribution in [-0.2, 0) is 11.2 Å². The Labute approximate surface area is 143 Å². The lowest BCUT2D eigenvalue weighted by molar-refractivity contribution is -0.127. The lowest BCUT2D eigenvalue weighted by Gasteiger charge is -2.19. The molecule has 24 heavy (non-hydrogen) atoms. The highest BCUT2D eigenvalue weighted by Crippen LogP contribution is 2.19. The number of methoxy groups -OCH3 is 1. The van der Waals surface area contributed by atoms with Crippen molar-refractivity contribution in [2.75, 3.05) is 7.11 Å². The van der Waals surface area contributed by atoms with Gasteiger partial charge in [0.2, 0.25) is 0 Å². The predicted molar refractivity (Wildman–Crippen MR) is 95.5 cm³/mol. The van der Waals surface area contributed by atoms with Gasteiger partial charge in [-0.3, -0.25) is 4.79 Å². The van der Waals surface area contributed by atoms with Crippen LogP contribution in [0.5, 0.6) is 11.5 Å². The maximum absolute atomic E-state index is 12.3. The molecule has 2 rings (SSSR count). The zero-order valence-electron chi connectivity index (χ0n) is 14.7. The van der Waals surface area contributed by atoms with Gasteiger partial charge in [-0.05, 0) is 55.7 Å². The van der Waals surface area contributed by atoms with Crippen molar-refractivity contribution in [2.24, 2.45) is 0 Å². The van der Waals surface area contributed by atoms with Crippen molar-refractivity contribution in [3.8, 4) is 11.5 Å². The molecule has 0 spiro atoms. The zero-order valence-corrected chi connectivity index (χ0v) is 14.7. The van der Waals surface area contributed by atoms with Crippen molar-refractivity contribution in [1.29, 1.82) is 0 Å². The summed E-state index contributed by atoms with van der Waals surface area (Å²) < 4.78 is 10.8. The van der Waals surface area contributed by atoms with E-state index in [1.165, 1.54) is 5.56 Å². The highest BCUT2D eigenvalue weighted by Gasteiger charge is 2.17. The van der Waals surface area contributed by atoms with Crippen LogP contribution in [-0.4, -0.2) is 19.1 Å². The average molecular weight is 327 g/mol. The molecule has 0 bridgehead atoms. The van der Waals surface area contributed by atoms with Crippen LogP contribution >= 0.6 is 0 Å². The van der Waals surface area contributed by atoms with Crippen molar-refractivity contribution in [1.82, 2.24) is 5.32 Å². The lowest BCUT2D eigenvalue weighted by Crippen LogP contribution is -2.37. The van der Waals surface area contributed by atoms with Gasteiger partial charge in [-0.1, -0.05) is 31.2 Å². The largest absolute Gasteiger partial charge is 0.497 e. The molecular weight excluding hydrogens is 302 g/mol. The van der Waals surface area contributed by atoms with Gasteiger partial charge in [-0.2, -0.15) is 0 Å². The van der Waals surface area contributed by atoms with E-state index in [0.29, 0.717) is 5.75 Å². The monoisotopic (exact) mass is 327 g/mol. The Balaban J connectivity index is 1.91. The second-order valence-electron chi connectivity index (χ2n) is 5.76. The molecule has 1 amide bonds. The first-order valence-corrected chi connectivity index (χ1v) is 8.23. The molecule has 4 heteroatoms. The standard InChI is InChI=1S/C20H25NO3/c1-5-16-6-8-17(9-7-16)14(2)21-20(22)15(3)24-19-12-10-18(23-4)11-13-19/h6-15H,5H2,1-4H3,(H,21,22). The van der Waals surface area contributed by atoms with Gasteiger partial charge >= 0.3 is 0 Å². The molecule has 2 atom stereocenters. The van der Waals surface area contributed by atoms with E-state index >= 15 is 0 Å². The molecule has 2 unspecified atom stereocenters. The van der Waals surface area contributed by atoms with Crippen LogP contribution in [0, 0.1) is 0 Å². The molecule has 0 aliphatic rings. The Hall–Kier alpha value is -2.49. The summed E-state index contributed by atoms with van der Waals surface area (Å²) in [5.41, 5.74) is 2.37. The summed E-state index contributed by atoms with van der Waals surface area (Å²) in [6, 6.07) is 15.4. The minimum Gasteiger partial charge on any atom is -0.497 e. The smallest absolute Gasteiger partial charge is 0.261 e. The summed E-state index contributed by atoms with van der Waals surface area (Å²) >= 11 is 0. The first-order valence-electron chi connectivity index (χ1n) is 8.23. The second-order valence-corrected chi connectivity index (χ2v) is 5.76. The third-order valence-electron chi connectivity index (χ3n) is 3.99. The first kappa shape index (κ1) is 17.9. The fourth-order valence-corrected chi connectivity index (χ4v) is 2.37. The Bertz CT molecular complexity index is 650. The Morgan fingerprint density at radius 2 is 1.58 bits per heavy atom. The quantitative estimate of drug-likeness (QED) is 0.839. The van der Waals surface area contributed by atoms with Crippen molar-refractivity contribution in [2.45, 2.75) is 39.3 Å². The number of benzene rings is 2. The van der Waals surface area contributed by atoms with E-state index in [1.807, 2.05) is 6.92 Å². The van der Waals surface area contributed by atoms with Crippen molar-refractivity contribution >= 4 is 5.91 Å². The SMILES string of the molecule is CCc1ccc(C(C)NC(=O)C(C)Oc2ccc(OC)cc2)cc1. The van der Waals surface area contributed by atoms with Crippen LogP contribution in [0.15, 0.2) is 48.5 Å². The van der Waals surface area contributed by atoms with Crippen LogP contribution in [0.1, 0.15) is 37.9 Å². The fraction of sp³-hybridized carbons (Fsp3) is 0.350. The normalized spacial score (nSPS) is 13.0.